The van der Waals surface area contributed by atoms with Crippen LogP contribution in [-0.4, -0.2) is 6.04 Å². The van der Waals surface area contributed by atoms with Crippen LogP contribution in [0.4, 0.5) is 10.1 Å². The summed E-state index contributed by atoms with van der Waals surface area (Å²) >= 11 is 2.06. The Morgan fingerprint density at radius 2 is 2.31 bits per heavy atom. The summed E-state index contributed by atoms with van der Waals surface area (Å²) in [6, 6.07) is 4.52. The molecule has 0 saturated carbocycles. The fourth-order valence-corrected chi connectivity index (χ4v) is 1.51. The van der Waals surface area contributed by atoms with Gasteiger partial charge in [-0.05, 0) is 47.7 Å². The Hall–Kier alpha value is -0.760. The Labute approximate surface area is 90.9 Å². The standard InChI is InChI=1S/C10H9FIN/c1-3-7(2)13-10-5-4-8(11)6-9(10)12/h1,4-7,13H,2H3. The van der Waals surface area contributed by atoms with Gasteiger partial charge in [-0.1, -0.05) is 5.92 Å². The molecule has 1 aromatic rings. The van der Waals surface area contributed by atoms with Crippen LogP contribution in [0.2, 0.25) is 0 Å². The molecule has 0 bridgehead atoms. The topological polar surface area (TPSA) is 12.0 Å². The minimum Gasteiger partial charge on any atom is -0.371 e. The summed E-state index contributed by atoms with van der Waals surface area (Å²) in [7, 11) is 0. The van der Waals surface area contributed by atoms with Gasteiger partial charge < -0.3 is 5.32 Å². The largest absolute Gasteiger partial charge is 0.371 e. The summed E-state index contributed by atoms with van der Waals surface area (Å²) in [5.41, 5.74) is 0.868. The Kier molecular flexibility index (Phi) is 3.55. The van der Waals surface area contributed by atoms with Gasteiger partial charge in [0.15, 0.2) is 0 Å². The van der Waals surface area contributed by atoms with E-state index in [9.17, 15) is 4.39 Å². The number of rotatable bonds is 2. The molecular weight excluding hydrogens is 280 g/mol. The minimum atomic E-state index is -0.233. The SMILES string of the molecule is C#CC(C)Nc1ccc(F)cc1I. The molecule has 1 unspecified atom stereocenters. The van der Waals surface area contributed by atoms with Crippen LogP contribution in [-0.2, 0) is 0 Å². The van der Waals surface area contributed by atoms with Crippen LogP contribution < -0.4 is 5.32 Å². The number of hydrogen-bond donors (Lipinski definition) is 1. The molecular formula is C10H9FIN. The van der Waals surface area contributed by atoms with Crippen molar-refractivity contribution in [2.45, 2.75) is 13.0 Å². The van der Waals surface area contributed by atoms with Gasteiger partial charge in [0.1, 0.15) is 5.82 Å². The van der Waals surface area contributed by atoms with Gasteiger partial charge in [-0.25, -0.2) is 4.39 Å². The molecule has 13 heavy (non-hydrogen) atoms. The van der Waals surface area contributed by atoms with Crippen molar-refractivity contribution in [3.8, 4) is 12.3 Å². The summed E-state index contributed by atoms with van der Waals surface area (Å²) in [5, 5.41) is 3.08. The molecule has 68 valence electrons. The van der Waals surface area contributed by atoms with Gasteiger partial charge in [0.05, 0.1) is 6.04 Å². The second-order valence-corrected chi connectivity index (χ2v) is 3.82. The van der Waals surface area contributed by atoms with Crippen molar-refractivity contribution in [1.82, 2.24) is 0 Å². The molecule has 0 amide bonds. The maximum atomic E-state index is 12.7. The number of benzene rings is 1. The van der Waals surface area contributed by atoms with E-state index in [1.165, 1.54) is 12.1 Å². The van der Waals surface area contributed by atoms with Crippen molar-refractivity contribution in [2.75, 3.05) is 5.32 Å². The van der Waals surface area contributed by atoms with Gasteiger partial charge in [-0.15, -0.1) is 6.42 Å². The molecule has 0 heterocycles. The van der Waals surface area contributed by atoms with Crippen LogP contribution in [0.3, 0.4) is 0 Å². The van der Waals surface area contributed by atoms with Gasteiger partial charge in [-0.3, -0.25) is 0 Å². The summed E-state index contributed by atoms with van der Waals surface area (Å²) in [5.74, 6) is 2.31. The molecule has 0 aromatic heterocycles. The molecule has 0 fully saturated rings. The summed E-state index contributed by atoms with van der Waals surface area (Å²) in [4.78, 5) is 0. The highest BCUT2D eigenvalue weighted by atomic mass is 127. The van der Waals surface area contributed by atoms with Crippen molar-refractivity contribution in [3.63, 3.8) is 0 Å². The monoisotopic (exact) mass is 289 g/mol. The molecule has 0 aliphatic carbocycles. The van der Waals surface area contributed by atoms with Gasteiger partial charge in [0.25, 0.3) is 0 Å². The highest BCUT2D eigenvalue weighted by Crippen LogP contribution is 2.19. The fourth-order valence-electron chi connectivity index (χ4n) is 0.881. The molecule has 0 aliphatic heterocycles. The van der Waals surface area contributed by atoms with E-state index < -0.39 is 0 Å². The van der Waals surface area contributed by atoms with E-state index in [-0.39, 0.29) is 11.9 Å². The normalized spacial score (nSPS) is 11.8. The third-order valence-electron chi connectivity index (χ3n) is 1.55. The lowest BCUT2D eigenvalue weighted by atomic mass is 10.2. The number of hydrogen-bond acceptors (Lipinski definition) is 1. The third-order valence-corrected chi connectivity index (χ3v) is 2.45. The van der Waals surface area contributed by atoms with Crippen LogP contribution in [0.5, 0.6) is 0 Å². The second-order valence-electron chi connectivity index (χ2n) is 2.66. The van der Waals surface area contributed by atoms with Gasteiger partial charge in [-0.2, -0.15) is 0 Å². The molecule has 0 radical (unpaired) electrons. The summed E-state index contributed by atoms with van der Waals surface area (Å²) in [6.45, 7) is 1.87. The summed E-state index contributed by atoms with van der Waals surface area (Å²) in [6.07, 6.45) is 5.21. The van der Waals surface area contributed by atoms with E-state index >= 15 is 0 Å². The zero-order chi connectivity index (χ0) is 9.84. The van der Waals surface area contributed by atoms with Crippen LogP contribution in [0.25, 0.3) is 0 Å². The molecule has 1 nitrogen and oxygen atoms in total. The Bertz CT molecular complexity index is 343. The maximum Gasteiger partial charge on any atom is 0.124 e. The van der Waals surface area contributed by atoms with Crippen LogP contribution in [0, 0.1) is 21.7 Å². The van der Waals surface area contributed by atoms with Crippen molar-refractivity contribution in [3.05, 3.63) is 27.6 Å². The first-order valence-corrected chi connectivity index (χ1v) is 4.89. The van der Waals surface area contributed by atoms with E-state index in [4.69, 9.17) is 6.42 Å². The van der Waals surface area contributed by atoms with E-state index in [2.05, 4.69) is 33.8 Å². The molecule has 1 aromatic carbocycles. The molecule has 1 N–H and O–H groups in total. The Morgan fingerprint density at radius 1 is 1.62 bits per heavy atom. The Balaban J connectivity index is 2.85. The lowest BCUT2D eigenvalue weighted by Crippen LogP contribution is -2.12. The van der Waals surface area contributed by atoms with Crippen LogP contribution in [0.1, 0.15) is 6.92 Å². The third kappa shape index (κ3) is 2.88. The van der Waals surface area contributed by atoms with Crippen molar-refractivity contribution in [2.24, 2.45) is 0 Å². The first-order valence-electron chi connectivity index (χ1n) is 3.81. The quantitative estimate of drug-likeness (QED) is 0.652. The number of terminal acetylenes is 1. The highest BCUT2D eigenvalue weighted by molar-refractivity contribution is 14.1. The summed E-state index contributed by atoms with van der Waals surface area (Å²) < 4.78 is 13.5. The van der Waals surface area contributed by atoms with E-state index in [0.29, 0.717) is 0 Å². The van der Waals surface area contributed by atoms with E-state index in [1.807, 2.05) is 6.92 Å². The zero-order valence-corrected chi connectivity index (χ0v) is 9.30. The van der Waals surface area contributed by atoms with Gasteiger partial charge >= 0.3 is 0 Å². The smallest absolute Gasteiger partial charge is 0.124 e. The lowest BCUT2D eigenvalue weighted by Gasteiger charge is -2.10. The van der Waals surface area contributed by atoms with Crippen LogP contribution in [0.15, 0.2) is 18.2 Å². The molecule has 0 aliphatic rings. The Morgan fingerprint density at radius 3 is 2.85 bits per heavy atom. The first kappa shape index (κ1) is 10.3. The zero-order valence-electron chi connectivity index (χ0n) is 7.14. The van der Waals surface area contributed by atoms with E-state index in [0.717, 1.165) is 9.26 Å². The molecule has 1 atom stereocenters. The maximum absolute atomic E-state index is 12.7. The van der Waals surface area contributed by atoms with Crippen LogP contribution >= 0.6 is 22.6 Å². The first-order chi connectivity index (χ1) is 6.13. The van der Waals surface area contributed by atoms with Gasteiger partial charge in [0.2, 0.25) is 0 Å². The minimum absolute atomic E-state index is 0.0426. The average Bonchev–Trinajstić information content (AvgIpc) is 2.09. The van der Waals surface area contributed by atoms with Gasteiger partial charge in [0, 0.05) is 9.26 Å². The second kappa shape index (κ2) is 4.47. The number of anilines is 1. The van der Waals surface area contributed by atoms with E-state index in [1.54, 1.807) is 6.07 Å². The van der Waals surface area contributed by atoms with Crippen molar-refractivity contribution >= 4 is 28.3 Å². The predicted molar refractivity (Wildman–Crippen MR) is 61.0 cm³/mol. The number of nitrogens with one attached hydrogen (secondary N) is 1. The molecule has 1 rings (SSSR count). The van der Waals surface area contributed by atoms with Crippen molar-refractivity contribution < 1.29 is 4.39 Å². The predicted octanol–water partition coefficient (Wildman–Crippen LogP) is 2.86. The highest BCUT2D eigenvalue weighted by Gasteiger charge is 2.02. The van der Waals surface area contributed by atoms with Crippen molar-refractivity contribution in [1.29, 1.82) is 0 Å². The fraction of sp³-hybridized carbons (Fsp3) is 0.200. The molecule has 0 saturated heterocycles. The molecule has 3 heteroatoms. The molecule has 0 spiro atoms. The average molecular weight is 289 g/mol. The number of halogens is 2. The lowest BCUT2D eigenvalue weighted by molar-refractivity contribution is 0.627.